The Morgan fingerprint density at radius 3 is 3.09 bits per heavy atom. The van der Waals surface area contributed by atoms with E-state index in [2.05, 4.69) is 12.2 Å². The largest absolute Gasteiger partial charge is 0.396 e. The highest BCUT2D eigenvalue weighted by molar-refractivity contribution is 5.83. The molecule has 60 valence electrons. The second kappa shape index (κ2) is 2.45. The molecule has 0 aromatic carbocycles. The van der Waals surface area contributed by atoms with Crippen LogP contribution in [0.25, 0.3) is 0 Å². The number of Topliss-reactive ketones (excluding diaryl/α,β-unsaturated/α-hetero) is 1. The van der Waals surface area contributed by atoms with Crippen LogP contribution in [-0.2, 0) is 4.79 Å². The van der Waals surface area contributed by atoms with Gasteiger partial charge < -0.3 is 5.11 Å². The number of carbonyl (C=O) groups excluding carboxylic acids is 1. The zero-order valence-corrected chi connectivity index (χ0v) is 6.36. The lowest BCUT2D eigenvalue weighted by Crippen LogP contribution is -2.30. The molecular formula is C9H12O2. The predicted molar refractivity (Wildman–Crippen MR) is 40.9 cm³/mol. The van der Waals surface area contributed by atoms with Crippen LogP contribution in [0.15, 0.2) is 12.2 Å². The van der Waals surface area contributed by atoms with Gasteiger partial charge in [-0.05, 0) is 18.3 Å². The van der Waals surface area contributed by atoms with Crippen LogP contribution in [0.2, 0.25) is 0 Å². The molecule has 0 heterocycles. The smallest absolute Gasteiger partial charge is 0.139 e. The van der Waals surface area contributed by atoms with E-state index in [1.807, 2.05) is 0 Å². The topological polar surface area (TPSA) is 37.3 Å². The summed E-state index contributed by atoms with van der Waals surface area (Å²) in [6.07, 6.45) is 5.95. The number of ketones is 1. The van der Waals surface area contributed by atoms with Crippen LogP contribution in [0.1, 0.15) is 12.8 Å². The molecule has 0 spiro atoms. The van der Waals surface area contributed by atoms with Crippen molar-refractivity contribution in [3.8, 4) is 0 Å². The minimum Gasteiger partial charge on any atom is -0.396 e. The lowest BCUT2D eigenvalue weighted by atomic mass is 9.78. The van der Waals surface area contributed by atoms with Gasteiger partial charge in [-0.1, -0.05) is 12.2 Å². The van der Waals surface area contributed by atoms with Gasteiger partial charge in [-0.2, -0.15) is 0 Å². The summed E-state index contributed by atoms with van der Waals surface area (Å²) < 4.78 is 0. The molecule has 0 aromatic heterocycles. The molecule has 2 aliphatic carbocycles. The normalized spacial score (nSPS) is 41.5. The van der Waals surface area contributed by atoms with Gasteiger partial charge in [-0.25, -0.2) is 0 Å². The van der Waals surface area contributed by atoms with Crippen molar-refractivity contribution in [3.05, 3.63) is 12.2 Å². The predicted octanol–water partition coefficient (Wildman–Crippen LogP) is 0.760. The first-order valence-electron chi connectivity index (χ1n) is 4.13. The highest BCUT2D eigenvalue weighted by Gasteiger charge is 2.36. The Balaban J connectivity index is 2.19. The van der Waals surface area contributed by atoms with E-state index >= 15 is 0 Å². The van der Waals surface area contributed by atoms with Gasteiger partial charge in [-0.3, -0.25) is 4.79 Å². The van der Waals surface area contributed by atoms with E-state index < -0.39 is 0 Å². The van der Waals surface area contributed by atoms with Crippen LogP contribution in [0.3, 0.4) is 0 Å². The molecule has 0 aliphatic heterocycles. The van der Waals surface area contributed by atoms with E-state index in [0.29, 0.717) is 18.3 Å². The van der Waals surface area contributed by atoms with Crippen molar-refractivity contribution < 1.29 is 9.90 Å². The van der Waals surface area contributed by atoms with Gasteiger partial charge in [0.15, 0.2) is 0 Å². The summed E-state index contributed by atoms with van der Waals surface area (Å²) in [6.45, 7) is 0.0283. The van der Waals surface area contributed by atoms with Crippen LogP contribution in [-0.4, -0.2) is 17.5 Å². The maximum Gasteiger partial charge on any atom is 0.139 e. The maximum absolute atomic E-state index is 11.3. The monoisotopic (exact) mass is 152 g/mol. The Bertz CT molecular complexity index is 208. The number of hydrogen-bond acceptors (Lipinski definition) is 2. The first-order chi connectivity index (χ1) is 5.31. The van der Waals surface area contributed by atoms with Gasteiger partial charge in [0.25, 0.3) is 0 Å². The summed E-state index contributed by atoms with van der Waals surface area (Å²) in [4.78, 5) is 11.3. The molecule has 2 nitrogen and oxygen atoms in total. The molecule has 1 saturated carbocycles. The third-order valence-electron chi connectivity index (χ3n) is 2.80. The number of aliphatic hydroxyl groups is 1. The van der Waals surface area contributed by atoms with E-state index in [-0.39, 0.29) is 18.3 Å². The average molecular weight is 152 g/mol. The fraction of sp³-hybridized carbons (Fsp3) is 0.667. The summed E-state index contributed by atoms with van der Waals surface area (Å²) >= 11 is 0. The molecule has 2 heteroatoms. The Labute approximate surface area is 65.9 Å². The molecule has 1 fully saturated rings. The highest BCUT2D eigenvalue weighted by Crippen LogP contribution is 2.38. The second-order valence-corrected chi connectivity index (χ2v) is 3.50. The zero-order valence-electron chi connectivity index (χ0n) is 6.36. The molecule has 0 unspecified atom stereocenters. The molecule has 2 rings (SSSR count). The first-order valence-corrected chi connectivity index (χ1v) is 4.13. The molecule has 2 aliphatic rings. The number of hydrogen-bond donors (Lipinski definition) is 1. The number of fused-ring (bicyclic) bond motifs is 2. The Kier molecular flexibility index (Phi) is 1.57. The zero-order chi connectivity index (χ0) is 7.84. The van der Waals surface area contributed by atoms with E-state index in [0.717, 1.165) is 6.42 Å². The van der Waals surface area contributed by atoms with Crippen LogP contribution in [0, 0.1) is 17.8 Å². The Morgan fingerprint density at radius 2 is 2.36 bits per heavy atom. The van der Waals surface area contributed by atoms with Crippen molar-refractivity contribution >= 4 is 5.78 Å². The average Bonchev–Trinajstić information content (AvgIpc) is 2.34. The fourth-order valence-electron chi connectivity index (χ4n) is 2.14. The molecule has 2 bridgehead atoms. The molecule has 0 radical (unpaired) electrons. The van der Waals surface area contributed by atoms with Crippen LogP contribution in [0.4, 0.5) is 0 Å². The molecule has 11 heavy (non-hydrogen) atoms. The van der Waals surface area contributed by atoms with Gasteiger partial charge >= 0.3 is 0 Å². The number of carbonyl (C=O) groups is 1. The third kappa shape index (κ3) is 1.02. The van der Waals surface area contributed by atoms with Crippen molar-refractivity contribution in [3.63, 3.8) is 0 Å². The Hall–Kier alpha value is -0.630. The van der Waals surface area contributed by atoms with Crippen molar-refractivity contribution in [2.75, 3.05) is 6.61 Å². The van der Waals surface area contributed by atoms with Crippen LogP contribution in [0.5, 0.6) is 0 Å². The first kappa shape index (κ1) is 7.04. The van der Waals surface area contributed by atoms with Gasteiger partial charge in [0.05, 0.1) is 6.61 Å². The number of rotatable bonds is 1. The van der Waals surface area contributed by atoms with Gasteiger partial charge in [0.1, 0.15) is 5.78 Å². The lowest BCUT2D eigenvalue weighted by molar-refractivity contribution is -0.127. The van der Waals surface area contributed by atoms with Crippen molar-refractivity contribution in [1.82, 2.24) is 0 Å². The quantitative estimate of drug-likeness (QED) is 0.563. The highest BCUT2D eigenvalue weighted by atomic mass is 16.3. The second-order valence-electron chi connectivity index (χ2n) is 3.50. The fourth-order valence-corrected chi connectivity index (χ4v) is 2.14. The Morgan fingerprint density at radius 1 is 1.55 bits per heavy atom. The molecule has 0 aromatic rings. The number of allylic oxidation sites excluding steroid dienone is 2. The van der Waals surface area contributed by atoms with Gasteiger partial charge in [0, 0.05) is 12.3 Å². The lowest BCUT2D eigenvalue weighted by Gasteiger charge is -2.25. The van der Waals surface area contributed by atoms with Gasteiger partial charge in [0.2, 0.25) is 0 Å². The summed E-state index contributed by atoms with van der Waals surface area (Å²) in [5.74, 6) is 0.977. The van der Waals surface area contributed by atoms with E-state index in [4.69, 9.17) is 5.11 Å². The summed E-state index contributed by atoms with van der Waals surface area (Å²) in [6, 6.07) is 0. The van der Waals surface area contributed by atoms with E-state index in [9.17, 15) is 4.79 Å². The standard InChI is InChI=1S/C9H12O2/c10-5-8-7-2-1-6(3-7)4-9(8)11/h1-2,6-8,10H,3-5H2/t6-,7+,8-/m0/s1. The van der Waals surface area contributed by atoms with Crippen LogP contribution < -0.4 is 0 Å². The molecular weight excluding hydrogens is 140 g/mol. The maximum atomic E-state index is 11.3. The summed E-state index contributed by atoms with van der Waals surface area (Å²) in [7, 11) is 0. The van der Waals surface area contributed by atoms with E-state index in [1.54, 1.807) is 0 Å². The summed E-state index contributed by atoms with van der Waals surface area (Å²) in [5.41, 5.74) is 0. The molecule has 0 amide bonds. The number of aliphatic hydroxyl groups excluding tert-OH is 1. The third-order valence-corrected chi connectivity index (χ3v) is 2.80. The SMILES string of the molecule is O=C1C[C@H]2C=C[C@H](C2)[C@@H]1CO. The minimum absolute atomic E-state index is 0.0283. The van der Waals surface area contributed by atoms with Crippen molar-refractivity contribution in [2.24, 2.45) is 17.8 Å². The molecule has 3 atom stereocenters. The van der Waals surface area contributed by atoms with Crippen LogP contribution >= 0.6 is 0 Å². The minimum atomic E-state index is -0.0926. The summed E-state index contributed by atoms with van der Waals surface area (Å²) in [5, 5.41) is 8.93. The molecule has 0 saturated heterocycles. The van der Waals surface area contributed by atoms with Crippen molar-refractivity contribution in [1.29, 1.82) is 0 Å². The van der Waals surface area contributed by atoms with Crippen molar-refractivity contribution in [2.45, 2.75) is 12.8 Å². The van der Waals surface area contributed by atoms with E-state index in [1.165, 1.54) is 0 Å². The molecule has 1 N–H and O–H groups in total. The van der Waals surface area contributed by atoms with Gasteiger partial charge in [-0.15, -0.1) is 0 Å².